The van der Waals surface area contributed by atoms with Crippen molar-refractivity contribution in [2.24, 2.45) is 10.9 Å². The molecular weight excluding hydrogens is 230 g/mol. The van der Waals surface area contributed by atoms with Gasteiger partial charge in [0.2, 0.25) is 5.88 Å². The zero-order valence-electron chi connectivity index (χ0n) is 10.8. The molecule has 3 N–H and O–H groups in total. The predicted molar refractivity (Wildman–Crippen MR) is 69.2 cm³/mol. The summed E-state index contributed by atoms with van der Waals surface area (Å²) >= 11 is 0. The van der Waals surface area contributed by atoms with Crippen molar-refractivity contribution in [3.05, 3.63) is 22.9 Å². The van der Waals surface area contributed by atoms with E-state index in [0.717, 1.165) is 31.4 Å². The van der Waals surface area contributed by atoms with Crippen LogP contribution in [0.3, 0.4) is 0 Å². The summed E-state index contributed by atoms with van der Waals surface area (Å²) in [5.41, 5.74) is 8.51. The average Bonchev–Trinajstić information content (AvgIpc) is 2.83. The molecule has 0 fully saturated rings. The third-order valence-electron chi connectivity index (χ3n) is 3.29. The highest BCUT2D eigenvalue weighted by Gasteiger charge is 2.20. The second-order valence-electron chi connectivity index (χ2n) is 4.62. The molecule has 5 nitrogen and oxygen atoms in total. The van der Waals surface area contributed by atoms with E-state index >= 15 is 0 Å². The van der Waals surface area contributed by atoms with Crippen molar-refractivity contribution in [2.45, 2.75) is 45.6 Å². The second-order valence-corrected chi connectivity index (χ2v) is 4.62. The van der Waals surface area contributed by atoms with Gasteiger partial charge in [0.1, 0.15) is 0 Å². The SMILES string of the molecule is CCC(C)Oc1nc2c(cc1C(N)=NO)CCC2. The number of oxime groups is 1. The van der Waals surface area contributed by atoms with Crippen LogP contribution in [0.4, 0.5) is 0 Å². The van der Waals surface area contributed by atoms with Gasteiger partial charge in [-0.1, -0.05) is 12.1 Å². The Morgan fingerprint density at radius 1 is 1.61 bits per heavy atom. The van der Waals surface area contributed by atoms with Gasteiger partial charge >= 0.3 is 0 Å². The highest BCUT2D eigenvalue weighted by molar-refractivity contribution is 5.99. The molecule has 1 aromatic rings. The van der Waals surface area contributed by atoms with E-state index in [4.69, 9.17) is 15.7 Å². The number of amidine groups is 1. The fourth-order valence-corrected chi connectivity index (χ4v) is 2.05. The molecule has 1 heterocycles. The van der Waals surface area contributed by atoms with Crippen molar-refractivity contribution < 1.29 is 9.94 Å². The average molecular weight is 249 g/mol. The molecular formula is C13H19N3O2. The van der Waals surface area contributed by atoms with Crippen LogP contribution in [0.2, 0.25) is 0 Å². The number of ether oxygens (including phenoxy) is 1. The minimum absolute atomic E-state index is 0.0514. The van der Waals surface area contributed by atoms with Crippen LogP contribution in [-0.2, 0) is 12.8 Å². The van der Waals surface area contributed by atoms with Gasteiger partial charge in [0.25, 0.3) is 0 Å². The van der Waals surface area contributed by atoms with E-state index in [1.807, 2.05) is 19.9 Å². The first-order valence-electron chi connectivity index (χ1n) is 6.33. The Hall–Kier alpha value is -1.78. The molecule has 18 heavy (non-hydrogen) atoms. The van der Waals surface area contributed by atoms with E-state index < -0.39 is 0 Å². The maximum Gasteiger partial charge on any atom is 0.225 e. The smallest absolute Gasteiger partial charge is 0.225 e. The topological polar surface area (TPSA) is 80.7 Å². The normalized spacial score (nSPS) is 16.4. The molecule has 0 radical (unpaired) electrons. The third kappa shape index (κ3) is 2.39. The Morgan fingerprint density at radius 2 is 2.39 bits per heavy atom. The zero-order chi connectivity index (χ0) is 13.1. The standard InChI is InChI=1S/C13H19N3O2/c1-3-8(2)18-13-10(12(14)16-17)7-9-5-4-6-11(9)15-13/h7-8,17H,3-6H2,1-2H3,(H2,14,16). The number of hydrogen-bond donors (Lipinski definition) is 2. The molecule has 0 saturated carbocycles. The minimum atomic E-state index is 0.0514. The molecule has 2 rings (SSSR count). The molecule has 0 spiro atoms. The van der Waals surface area contributed by atoms with Crippen molar-refractivity contribution in [1.29, 1.82) is 0 Å². The van der Waals surface area contributed by atoms with Crippen LogP contribution in [-0.4, -0.2) is 22.1 Å². The molecule has 0 aliphatic heterocycles. The lowest BCUT2D eigenvalue weighted by atomic mass is 10.1. The van der Waals surface area contributed by atoms with E-state index in [-0.39, 0.29) is 11.9 Å². The summed E-state index contributed by atoms with van der Waals surface area (Å²) in [7, 11) is 0. The van der Waals surface area contributed by atoms with E-state index in [2.05, 4.69) is 10.1 Å². The quantitative estimate of drug-likeness (QED) is 0.369. The molecule has 0 amide bonds. The van der Waals surface area contributed by atoms with Crippen LogP contribution >= 0.6 is 0 Å². The van der Waals surface area contributed by atoms with Crippen molar-refractivity contribution in [3.63, 3.8) is 0 Å². The van der Waals surface area contributed by atoms with Gasteiger partial charge in [0, 0.05) is 5.69 Å². The summed E-state index contributed by atoms with van der Waals surface area (Å²) in [5, 5.41) is 11.9. The Kier molecular flexibility index (Phi) is 3.69. The number of aromatic nitrogens is 1. The maximum atomic E-state index is 8.83. The summed E-state index contributed by atoms with van der Waals surface area (Å²) in [6.45, 7) is 4.02. The summed E-state index contributed by atoms with van der Waals surface area (Å²) in [6, 6.07) is 1.93. The fourth-order valence-electron chi connectivity index (χ4n) is 2.05. The lowest BCUT2D eigenvalue weighted by Gasteiger charge is -2.16. The molecule has 0 saturated heterocycles. The Morgan fingerprint density at radius 3 is 3.06 bits per heavy atom. The van der Waals surface area contributed by atoms with Crippen LogP contribution in [0.15, 0.2) is 11.2 Å². The number of hydrogen-bond acceptors (Lipinski definition) is 4. The first-order valence-corrected chi connectivity index (χ1v) is 6.33. The van der Waals surface area contributed by atoms with Gasteiger partial charge in [0.05, 0.1) is 11.7 Å². The maximum absolute atomic E-state index is 8.83. The fraction of sp³-hybridized carbons (Fsp3) is 0.538. The number of pyridine rings is 1. The molecule has 1 aliphatic carbocycles. The highest BCUT2D eigenvalue weighted by atomic mass is 16.5. The number of aryl methyl sites for hydroxylation is 2. The van der Waals surface area contributed by atoms with Crippen LogP contribution in [0.25, 0.3) is 0 Å². The lowest BCUT2D eigenvalue weighted by Crippen LogP contribution is -2.19. The molecule has 98 valence electrons. The monoisotopic (exact) mass is 249 g/mol. The van der Waals surface area contributed by atoms with E-state index in [0.29, 0.717) is 11.4 Å². The minimum Gasteiger partial charge on any atom is -0.474 e. The third-order valence-corrected chi connectivity index (χ3v) is 3.29. The van der Waals surface area contributed by atoms with Crippen LogP contribution in [0.1, 0.15) is 43.5 Å². The summed E-state index contributed by atoms with van der Waals surface area (Å²) in [6.07, 6.45) is 4.02. The molecule has 1 unspecified atom stereocenters. The van der Waals surface area contributed by atoms with Crippen molar-refractivity contribution >= 4 is 5.84 Å². The molecule has 0 aromatic carbocycles. The molecule has 1 aromatic heterocycles. The molecule has 5 heteroatoms. The van der Waals surface area contributed by atoms with Crippen LogP contribution < -0.4 is 10.5 Å². The van der Waals surface area contributed by atoms with E-state index in [1.165, 1.54) is 5.56 Å². The molecule has 1 aliphatic rings. The second kappa shape index (κ2) is 5.25. The Bertz CT molecular complexity index is 472. The largest absolute Gasteiger partial charge is 0.474 e. The first-order chi connectivity index (χ1) is 8.65. The van der Waals surface area contributed by atoms with Gasteiger partial charge in [-0.3, -0.25) is 0 Å². The van der Waals surface area contributed by atoms with Gasteiger partial charge in [-0.2, -0.15) is 0 Å². The predicted octanol–water partition coefficient (Wildman–Crippen LogP) is 1.84. The highest BCUT2D eigenvalue weighted by Crippen LogP contribution is 2.27. The number of rotatable bonds is 4. The van der Waals surface area contributed by atoms with Crippen molar-refractivity contribution in [3.8, 4) is 5.88 Å². The number of fused-ring (bicyclic) bond motifs is 1. The summed E-state index contributed by atoms with van der Waals surface area (Å²) in [4.78, 5) is 4.52. The van der Waals surface area contributed by atoms with E-state index in [9.17, 15) is 0 Å². The molecule has 0 bridgehead atoms. The Labute approximate surface area is 107 Å². The van der Waals surface area contributed by atoms with Gasteiger partial charge in [-0.15, -0.1) is 0 Å². The summed E-state index contributed by atoms with van der Waals surface area (Å²) < 4.78 is 5.76. The Balaban J connectivity index is 2.41. The van der Waals surface area contributed by atoms with Gasteiger partial charge in [-0.25, -0.2) is 4.98 Å². The van der Waals surface area contributed by atoms with Crippen LogP contribution in [0, 0.1) is 0 Å². The number of nitrogens with two attached hydrogens (primary N) is 1. The zero-order valence-corrected chi connectivity index (χ0v) is 10.8. The van der Waals surface area contributed by atoms with Crippen LogP contribution in [0.5, 0.6) is 5.88 Å². The first kappa shape index (κ1) is 12.7. The van der Waals surface area contributed by atoms with Gasteiger partial charge < -0.3 is 15.7 Å². The lowest BCUT2D eigenvalue weighted by molar-refractivity contribution is 0.207. The van der Waals surface area contributed by atoms with Crippen molar-refractivity contribution in [2.75, 3.05) is 0 Å². The van der Waals surface area contributed by atoms with E-state index in [1.54, 1.807) is 0 Å². The summed E-state index contributed by atoms with van der Waals surface area (Å²) in [5.74, 6) is 0.524. The van der Waals surface area contributed by atoms with Gasteiger partial charge in [-0.05, 0) is 44.2 Å². The van der Waals surface area contributed by atoms with Crippen molar-refractivity contribution in [1.82, 2.24) is 4.98 Å². The van der Waals surface area contributed by atoms with Gasteiger partial charge in [0.15, 0.2) is 5.84 Å². The number of nitrogens with zero attached hydrogens (tertiary/aromatic N) is 2. The molecule has 1 atom stereocenters.